The standard InChI is InChI=1S/C48H53N13O/c1-53-22-26-56(27-23-53)37-12-14-39(15-13-37)60(47-49-33-41-30-35-8-4-6-10-43(35)58(41)51-47)61(48-50-34-42-31-36-9-5-7-11-44(36)59(42)52-48)45-17-16-40(32-46(45)62-3)55-20-18-38(19-21-55)57-28-24-54(2)25-29-57/h4-17,30-34,38H,18-29H2,1-3H3. The Bertz CT molecular complexity index is 2850. The van der Waals surface area contributed by atoms with Crippen molar-refractivity contribution in [2.75, 3.05) is 106 Å². The molecule has 0 N–H and O–H groups in total. The van der Waals surface area contributed by atoms with E-state index in [0.717, 1.165) is 128 Å². The summed E-state index contributed by atoms with van der Waals surface area (Å²) in [5.41, 5.74) is 7.70. The second-order valence-corrected chi connectivity index (χ2v) is 17.0. The van der Waals surface area contributed by atoms with Gasteiger partial charge in [-0.05, 0) is 87.6 Å². The third kappa shape index (κ3) is 7.07. The van der Waals surface area contributed by atoms with Crippen LogP contribution in [-0.4, -0.2) is 137 Å². The minimum atomic E-state index is 0.432. The molecule has 0 spiro atoms. The molecule has 0 amide bonds. The van der Waals surface area contributed by atoms with E-state index in [2.05, 4.69) is 130 Å². The van der Waals surface area contributed by atoms with Crippen molar-refractivity contribution < 1.29 is 4.74 Å². The minimum absolute atomic E-state index is 0.432. The van der Waals surface area contributed by atoms with E-state index in [1.807, 2.05) is 43.6 Å². The average Bonchev–Trinajstić information content (AvgIpc) is 3.89. The van der Waals surface area contributed by atoms with Gasteiger partial charge in [0.25, 0.3) is 11.9 Å². The molecule has 0 radical (unpaired) electrons. The summed E-state index contributed by atoms with van der Waals surface area (Å²) >= 11 is 0. The summed E-state index contributed by atoms with van der Waals surface area (Å²) in [7, 11) is 6.16. The number of methoxy groups -OCH3 is 1. The van der Waals surface area contributed by atoms with Crippen molar-refractivity contribution >= 4 is 67.5 Å². The van der Waals surface area contributed by atoms with Crippen molar-refractivity contribution in [2.24, 2.45) is 0 Å². The molecule has 14 nitrogen and oxygen atoms in total. The highest BCUT2D eigenvalue weighted by Crippen LogP contribution is 2.42. The van der Waals surface area contributed by atoms with Crippen molar-refractivity contribution in [3.05, 3.63) is 116 Å². The molecule has 316 valence electrons. The van der Waals surface area contributed by atoms with Crippen LogP contribution in [0.4, 0.5) is 34.6 Å². The first-order valence-electron chi connectivity index (χ1n) is 21.9. The number of likely N-dealkylation sites (N-methyl/N-ethyl adjacent to an activating group) is 2. The van der Waals surface area contributed by atoms with Gasteiger partial charge < -0.3 is 24.3 Å². The van der Waals surface area contributed by atoms with Gasteiger partial charge in [0, 0.05) is 99.7 Å². The Kier molecular flexibility index (Phi) is 9.98. The number of rotatable bonds is 9. The number of ether oxygens (including phenoxy) is 1. The number of benzene rings is 4. The largest absolute Gasteiger partial charge is 0.494 e. The first-order chi connectivity index (χ1) is 30.5. The van der Waals surface area contributed by atoms with E-state index in [0.29, 0.717) is 23.7 Å². The Balaban J connectivity index is 1.04. The van der Waals surface area contributed by atoms with Crippen molar-refractivity contribution in [1.29, 1.82) is 0 Å². The highest BCUT2D eigenvalue weighted by atomic mass is 16.5. The molecule has 0 saturated carbocycles. The van der Waals surface area contributed by atoms with Crippen LogP contribution in [0.5, 0.6) is 5.75 Å². The van der Waals surface area contributed by atoms with E-state index in [4.69, 9.17) is 24.9 Å². The zero-order valence-electron chi connectivity index (χ0n) is 35.8. The van der Waals surface area contributed by atoms with E-state index in [-0.39, 0.29) is 0 Å². The Morgan fingerprint density at radius 3 is 1.68 bits per heavy atom. The number of piperazine rings is 2. The molecule has 0 atom stereocenters. The number of anilines is 6. The number of fused-ring (bicyclic) bond motifs is 6. The molecule has 8 aromatic rings. The number of aromatic nitrogens is 6. The third-order valence-electron chi connectivity index (χ3n) is 13.2. The van der Waals surface area contributed by atoms with Crippen LogP contribution in [-0.2, 0) is 0 Å². The molecular weight excluding hydrogens is 775 g/mol. The summed E-state index contributed by atoms with van der Waals surface area (Å²) in [4.78, 5) is 22.7. The quantitative estimate of drug-likeness (QED) is 0.141. The van der Waals surface area contributed by atoms with Gasteiger partial charge in [-0.2, -0.15) is 0 Å². The predicted octanol–water partition coefficient (Wildman–Crippen LogP) is 6.95. The van der Waals surface area contributed by atoms with Crippen LogP contribution in [0.15, 0.2) is 116 Å². The van der Waals surface area contributed by atoms with E-state index >= 15 is 0 Å². The summed E-state index contributed by atoms with van der Waals surface area (Å²) < 4.78 is 10.3. The Morgan fingerprint density at radius 1 is 0.548 bits per heavy atom. The van der Waals surface area contributed by atoms with Gasteiger partial charge in [-0.25, -0.2) is 29.0 Å². The lowest BCUT2D eigenvalue weighted by molar-refractivity contribution is 0.0982. The molecule has 0 unspecified atom stereocenters. The van der Waals surface area contributed by atoms with E-state index in [1.165, 1.54) is 5.69 Å². The van der Waals surface area contributed by atoms with Gasteiger partial charge in [-0.3, -0.25) is 4.90 Å². The zero-order valence-corrected chi connectivity index (χ0v) is 35.8. The maximum absolute atomic E-state index is 6.37. The minimum Gasteiger partial charge on any atom is -0.494 e. The van der Waals surface area contributed by atoms with Crippen LogP contribution in [0.2, 0.25) is 0 Å². The number of hydrogen-bond donors (Lipinski definition) is 0. The molecule has 3 fully saturated rings. The highest BCUT2D eigenvalue weighted by Gasteiger charge is 2.32. The van der Waals surface area contributed by atoms with Gasteiger partial charge in [0.15, 0.2) is 0 Å². The van der Waals surface area contributed by atoms with E-state index < -0.39 is 0 Å². The topological polar surface area (TPSA) is 92.3 Å². The number of piperidine rings is 1. The van der Waals surface area contributed by atoms with Gasteiger partial charge >= 0.3 is 0 Å². The van der Waals surface area contributed by atoms with Crippen molar-refractivity contribution in [1.82, 2.24) is 43.9 Å². The number of para-hydroxylation sites is 2. The fraction of sp³-hybridized carbons (Fsp3) is 0.333. The van der Waals surface area contributed by atoms with Crippen LogP contribution < -0.4 is 24.6 Å². The lowest BCUT2D eigenvalue weighted by atomic mass is 10.0. The lowest BCUT2D eigenvalue weighted by Gasteiger charge is -2.42. The van der Waals surface area contributed by atoms with Crippen LogP contribution in [0.25, 0.3) is 32.8 Å². The number of hydrogen-bond acceptors (Lipinski definition) is 12. The molecule has 62 heavy (non-hydrogen) atoms. The molecule has 3 aliphatic rings. The second-order valence-electron chi connectivity index (χ2n) is 17.0. The van der Waals surface area contributed by atoms with Crippen LogP contribution in [0.3, 0.4) is 0 Å². The van der Waals surface area contributed by atoms with Crippen molar-refractivity contribution in [3.8, 4) is 5.75 Å². The van der Waals surface area contributed by atoms with Crippen LogP contribution in [0.1, 0.15) is 12.8 Å². The number of hydrazine groups is 1. The molecular formula is C48H53N13O. The maximum atomic E-state index is 6.37. The van der Waals surface area contributed by atoms with Crippen molar-refractivity contribution in [2.45, 2.75) is 18.9 Å². The normalized spacial score (nSPS) is 17.5. The summed E-state index contributed by atoms with van der Waals surface area (Å²) in [6.07, 6.45) is 6.06. The lowest BCUT2D eigenvalue weighted by Crippen LogP contribution is -2.52. The van der Waals surface area contributed by atoms with Gasteiger partial charge in [-0.1, -0.05) is 36.4 Å². The van der Waals surface area contributed by atoms with Gasteiger partial charge in [0.05, 0.1) is 47.3 Å². The summed E-state index contributed by atoms with van der Waals surface area (Å²) in [5.74, 6) is 1.57. The first kappa shape index (κ1) is 38.4. The van der Waals surface area contributed by atoms with E-state index in [9.17, 15) is 0 Å². The zero-order chi connectivity index (χ0) is 41.7. The monoisotopic (exact) mass is 827 g/mol. The predicted molar refractivity (Wildman–Crippen MR) is 249 cm³/mol. The molecule has 14 heteroatoms. The Hall–Kier alpha value is -6.48. The van der Waals surface area contributed by atoms with Gasteiger partial charge in [0.1, 0.15) is 11.4 Å². The van der Waals surface area contributed by atoms with Crippen molar-refractivity contribution in [3.63, 3.8) is 0 Å². The van der Waals surface area contributed by atoms with Gasteiger partial charge in [-0.15, -0.1) is 10.2 Å². The fourth-order valence-corrected chi connectivity index (χ4v) is 9.61. The number of nitrogens with zero attached hydrogens (tertiary/aromatic N) is 13. The molecule has 0 bridgehead atoms. The SMILES string of the molecule is COc1cc(N2CCC(N3CCN(C)CC3)CC2)ccc1N(c1ncc2cc3ccccc3n2n1)N(c1ccc(N2CCN(C)CC2)cc1)c1ncc2cc3ccccc3n2n1. The third-order valence-corrected chi connectivity index (χ3v) is 13.2. The van der Waals surface area contributed by atoms with E-state index in [1.54, 1.807) is 7.11 Å². The maximum Gasteiger partial charge on any atom is 0.267 e. The highest BCUT2D eigenvalue weighted by molar-refractivity contribution is 5.88. The molecule has 11 rings (SSSR count). The Labute approximate surface area is 361 Å². The first-order valence-corrected chi connectivity index (χ1v) is 21.9. The molecule has 3 saturated heterocycles. The Morgan fingerprint density at radius 2 is 1.08 bits per heavy atom. The smallest absolute Gasteiger partial charge is 0.267 e. The average molecular weight is 828 g/mol. The summed E-state index contributed by atoms with van der Waals surface area (Å²) in [6, 6.07) is 36.7. The van der Waals surface area contributed by atoms with Crippen LogP contribution in [0, 0.1) is 0 Å². The summed E-state index contributed by atoms with van der Waals surface area (Å²) in [6.45, 7) is 10.6. The fourth-order valence-electron chi connectivity index (χ4n) is 9.61. The van der Waals surface area contributed by atoms with Crippen LogP contribution >= 0.6 is 0 Å². The molecule has 4 aromatic carbocycles. The molecule has 7 heterocycles. The van der Waals surface area contributed by atoms with Gasteiger partial charge in [0.2, 0.25) is 0 Å². The molecule has 4 aromatic heterocycles. The molecule has 3 aliphatic heterocycles. The molecule has 0 aliphatic carbocycles. The second kappa shape index (κ2) is 16.1. The summed E-state index contributed by atoms with van der Waals surface area (Å²) in [5, 5.41) is 16.8.